The van der Waals surface area contributed by atoms with Gasteiger partial charge in [0, 0.05) is 12.8 Å². The zero-order chi connectivity index (χ0) is 25.8. The van der Waals surface area contributed by atoms with Crippen LogP contribution in [0.4, 0.5) is 0 Å². The van der Waals surface area contributed by atoms with E-state index in [4.69, 9.17) is 0 Å². The van der Waals surface area contributed by atoms with Crippen LogP contribution < -0.4 is 0 Å². The first-order chi connectivity index (χ1) is 15.6. The minimum Gasteiger partial charge on any atom is -0.390 e. The minimum atomic E-state index is -2.00. The lowest BCUT2D eigenvalue weighted by Crippen LogP contribution is -2.47. The van der Waals surface area contributed by atoms with Crippen molar-refractivity contribution in [2.75, 3.05) is 0 Å². The summed E-state index contributed by atoms with van der Waals surface area (Å²) < 4.78 is 0. The van der Waals surface area contributed by atoms with Gasteiger partial charge < -0.3 is 20.4 Å². The molecule has 0 fully saturated rings. The number of hydrogen-bond acceptors (Lipinski definition) is 6. The Labute approximate surface area is 202 Å². The fraction of sp³-hybridized carbons (Fsp3) is 0.500. The molecule has 6 nitrogen and oxygen atoms in total. The highest BCUT2D eigenvalue weighted by atomic mass is 16.3. The van der Waals surface area contributed by atoms with Crippen LogP contribution in [-0.2, 0) is 33.3 Å². The number of carbonyl (C=O) groups excluding carboxylic acids is 2. The Bertz CT molecular complexity index is 882. The molecular formula is C28H38O6. The van der Waals surface area contributed by atoms with Gasteiger partial charge in [-0.05, 0) is 33.1 Å². The smallest absolute Gasteiger partial charge is 0.232 e. The number of hydrogen-bond donors (Lipinski definition) is 4. The van der Waals surface area contributed by atoms with E-state index in [1.165, 1.54) is 0 Å². The molecule has 186 valence electrons. The predicted molar refractivity (Wildman–Crippen MR) is 132 cm³/mol. The summed E-state index contributed by atoms with van der Waals surface area (Å²) in [7, 11) is 0. The lowest BCUT2D eigenvalue weighted by atomic mass is 9.86. The average molecular weight is 471 g/mol. The third-order valence-electron chi connectivity index (χ3n) is 6.04. The van der Waals surface area contributed by atoms with Crippen molar-refractivity contribution in [1.29, 1.82) is 0 Å². The summed E-state index contributed by atoms with van der Waals surface area (Å²) in [6, 6.07) is 14.8. The van der Waals surface area contributed by atoms with Gasteiger partial charge in [-0.15, -0.1) is 0 Å². The van der Waals surface area contributed by atoms with Crippen molar-refractivity contribution in [1.82, 2.24) is 0 Å². The van der Waals surface area contributed by atoms with Crippen LogP contribution in [0.2, 0.25) is 0 Å². The highest BCUT2D eigenvalue weighted by molar-refractivity contribution is 6.40. The highest BCUT2D eigenvalue weighted by Gasteiger charge is 2.36. The Morgan fingerprint density at radius 3 is 1.09 bits per heavy atom. The van der Waals surface area contributed by atoms with Crippen LogP contribution in [-0.4, -0.2) is 56.4 Å². The van der Waals surface area contributed by atoms with Crippen LogP contribution in [0.5, 0.6) is 0 Å². The van der Waals surface area contributed by atoms with Crippen LogP contribution in [0.3, 0.4) is 0 Å². The molecule has 0 spiro atoms. The first-order valence-electron chi connectivity index (χ1n) is 11.6. The van der Waals surface area contributed by atoms with Gasteiger partial charge >= 0.3 is 0 Å². The van der Waals surface area contributed by atoms with Gasteiger partial charge in [0.25, 0.3) is 0 Å². The van der Waals surface area contributed by atoms with Gasteiger partial charge in [-0.3, -0.25) is 9.59 Å². The molecule has 2 aromatic carbocycles. The number of rotatable bonds is 9. The monoisotopic (exact) mass is 470 g/mol. The first kappa shape index (κ1) is 27.9. The number of Topliss-reactive ketones (excluding diaryl/α,β-unsaturated/α-hetero) is 2. The van der Waals surface area contributed by atoms with Gasteiger partial charge in [-0.1, -0.05) is 90.1 Å². The molecule has 0 aromatic heterocycles. The molecule has 2 aromatic rings. The van der Waals surface area contributed by atoms with Crippen LogP contribution >= 0.6 is 0 Å². The lowest BCUT2D eigenvalue weighted by molar-refractivity contribution is -0.152. The standard InChI is InChI=1S/C28H38O6/c1-27(2,3)19-11-7-17(8-12-19)15-21(29)23(31)25(33)26(34)24(32)22(30)16-18-9-13-20(14-10-18)28(4,5)6/h7-14,21-24,29-32H,15-16H2,1-6H3/t21?,22?,23-,24+. The average Bonchev–Trinajstić information content (AvgIpc) is 2.76. The topological polar surface area (TPSA) is 115 Å². The van der Waals surface area contributed by atoms with Crippen molar-refractivity contribution in [2.45, 2.75) is 89.6 Å². The van der Waals surface area contributed by atoms with Crippen molar-refractivity contribution < 1.29 is 30.0 Å². The second-order valence-corrected chi connectivity index (χ2v) is 11.1. The minimum absolute atomic E-state index is 0.0371. The van der Waals surface area contributed by atoms with E-state index in [-0.39, 0.29) is 23.7 Å². The van der Waals surface area contributed by atoms with E-state index in [1.54, 1.807) is 24.3 Å². The van der Waals surface area contributed by atoms with E-state index in [0.717, 1.165) is 11.1 Å². The Kier molecular flexibility index (Phi) is 8.94. The third-order valence-corrected chi connectivity index (χ3v) is 6.04. The Hall–Kier alpha value is -2.38. The van der Waals surface area contributed by atoms with E-state index in [2.05, 4.69) is 41.5 Å². The van der Waals surface area contributed by atoms with Crippen LogP contribution in [0, 0.1) is 0 Å². The zero-order valence-electron chi connectivity index (χ0n) is 20.9. The van der Waals surface area contributed by atoms with Crippen molar-refractivity contribution in [3.8, 4) is 0 Å². The van der Waals surface area contributed by atoms with E-state index >= 15 is 0 Å². The molecule has 6 heteroatoms. The van der Waals surface area contributed by atoms with Crippen LogP contribution in [0.1, 0.15) is 63.8 Å². The van der Waals surface area contributed by atoms with Gasteiger partial charge in [0.1, 0.15) is 12.2 Å². The summed E-state index contributed by atoms with van der Waals surface area (Å²) in [4.78, 5) is 24.8. The molecule has 0 amide bonds. The van der Waals surface area contributed by atoms with E-state index in [1.807, 2.05) is 24.3 Å². The SMILES string of the molecule is CC(C)(C)c1ccc(CC(O)[C@H](O)C(=O)C(=O)[C@H](O)C(O)Cc2ccc(C(C)(C)C)cc2)cc1. The maximum Gasteiger partial charge on any atom is 0.232 e. The number of carbonyl (C=O) groups is 2. The van der Waals surface area contributed by atoms with Crippen molar-refractivity contribution >= 4 is 11.6 Å². The van der Waals surface area contributed by atoms with E-state index in [9.17, 15) is 30.0 Å². The number of aliphatic hydroxyl groups excluding tert-OH is 4. The maximum absolute atomic E-state index is 12.4. The Balaban J connectivity index is 1.97. The third kappa shape index (κ3) is 7.31. The molecule has 0 radical (unpaired) electrons. The van der Waals surface area contributed by atoms with Gasteiger partial charge in [0.15, 0.2) is 0 Å². The van der Waals surface area contributed by atoms with Crippen molar-refractivity contribution in [3.05, 3.63) is 70.8 Å². The molecule has 0 saturated heterocycles. The summed E-state index contributed by atoms with van der Waals surface area (Å²) in [6.45, 7) is 12.4. The summed E-state index contributed by atoms with van der Waals surface area (Å²) in [6.07, 6.45) is -7.12. The molecule has 2 unspecified atom stereocenters. The lowest BCUT2D eigenvalue weighted by Gasteiger charge is -2.22. The normalized spacial score (nSPS) is 15.9. The fourth-order valence-corrected chi connectivity index (χ4v) is 3.63. The Morgan fingerprint density at radius 2 is 0.853 bits per heavy atom. The number of benzene rings is 2. The van der Waals surface area contributed by atoms with Gasteiger partial charge in [-0.25, -0.2) is 0 Å². The van der Waals surface area contributed by atoms with Crippen LogP contribution in [0.15, 0.2) is 48.5 Å². The van der Waals surface area contributed by atoms with Crippen molar-refractivity contribution in [2.24, 2.45) is 0 Å². The summed E-state index contributed by atoms with van der Waals surface area (Å²) in [5, 5.41) is 41.0. The highest BCUT2D eigenvalue weighted by Crippen LogP contribution is 2.24. The van der Waals surface area contributed by atoms with E-state index < -0.39 is 36.0 Å². The van der Waals surface area contributed by atoms with Gasteiger partial charge in [-0.2, -0.15) is 0 Å². The number of ketones is 2. The summed E-state index contributed by atoms with van der Waals surface area (Å²) in [5.41, 5.74) is 3.51. The fourth-order valence-electron chi connectivity index (χ4n) is 3.63. The Morgan fingerprint density at radius 1 is 0.588 bits per heavy atom. The molecule has 0 aliphatic heterocycles. The maximum atomic E-state index is 12.4. The molecule has 0 saturated carbocycles. The molecule has 34 heavy (non-hydrogen) atoms. The molecule has 4 N–H and O–H groups in total. The van der Waals surface area contributed by atoms with Crippen molar-refractivity contribution in [3.63, 3.8) is 0 Å². The first-order valence-corrected chi connectivity index (χ1v) is 11.6. The second-order valence-electron chi connectivity index (χ2n) is 11.1. The van der Waals surface area contributed by atoms with Gasteiger partial charge in [0.05, 0.1) is 12.2 Å². The van der Waals surface area contributed by atoms with Gasteiger partial charge in [0.2, 0.25) is 11.6 Å². The quantitative estimate of drug-likeness (QED) is 0.419. The van der Waals surface area contributed by atoms with E-state index in [0.29, 0.717) is 11.1 Å². The molecular weight excluding hydrogens is 432 g/mol. The summed E-state index contributed by atoms with van der Waals surface area (Å²) >= 11 is 0. The molecule has 0 heterocycles. The molecule has 2 rings (SSSR count). The zero-order valence-corrected chi connectivity index (χ0v) is 20.9. The number of aliphatic hydroxyl groups is 4. The molecule has 0 aliphatic carbocycles. The predicted octanol–water partition coefficient (Wildman–Crippen LogP) is 2.65. The second kappa shape index (κ2) is 10.9. The molecule has 0 aliphatic rings. The van der Waals surface area contributed by atoms with Crippen LogP contribution in [0.25, 0.3) is 0 Å². The molecule has 0 bridgehead atoms. The summed E-state index contributed by atoms with van der Waals surface area (Å²) in [5.74, 6) is -2.65. The largest absolute Gasteiger partial charge is 0.390 e. The molecule has 4 atom stereocenters.